The molecule has 2 heterocycles. The lowest BCUT2D eigenvalue weighted by atomic mass is 10.2. The number of rotatable bonds is 4. The summed E-state index contributed by atoms with van der Waals surface area (Å²) in [4.78, 5) is 6.35. The van der Waals surface area contributed by atoms with Crippen molar-refractivity contribution >= 4 is 5.82 Å². The topological polar surface area (TPSA) is 68.6 Å². The average molecular weight is 249 g/mol. The number of pyridine rings is 1. The zero-order chi connectivity index (χ0) is 12.5. The van der Waals surface area contributed by atoms with Crippen LogP contribution in [0, 0.1) is 0 Å². The molecular formula is C13H19N3O2. The lowest BCUT2D eigenvalue weighted by molar-refractivity contribution is 0.0572. The Kier molecular flexibility index (Phi) is 3.20. The zero-order valence-corrected chi connectivity index (χ0v) is 10.3. The molecule has 0 radical (unpaired) electrons. The van der Waals surface area contributed by atoms with E-state index in [1.807, 2.05) is 11.0 Å². The molecule has 1 aromatic heterocycles. The number of aromatic nitrogens is 1. The fourth-order valence-electron chi connectivity index (χ4n) is 2.34. The number of anilines is 1. The van der Waals surface area contributed by atoms with Crippen LogP contribution in [0.5, 0.6) is 0 Å². The van der Waals surface area contributed by atoms with Gasteiger partial charge in [0.1, 0.15) is 5.82 Å². The zero-order valence-electron chi connectivity index (χ0n) is 10.3. The van der Waals surface area contributed by atoms with Crippen LogP contribution in [0.3, 0.4) is 0 Å². The summed E-state index contributed by atoms with van der Waals surface area (Å²) >= 11 is 0. The predicted molar refractivity (Wildman–Crippen MR) is 68.3 cm³/mol. The fraction of sp³-hybridized carbons (Fsp3) is 0.615. The van der Waals surface area contributed by atoms with E-state index >= 15 is 0 Å². The van der Waals surface area contributed by atoms with E-state index in [9.17, 15) is 10.2 Å². The van der Waals surface area contributed by atoms with E-state index in [-0.39, 0.29) is 0 Å². The van der Waals surface area contributed by atoms with Gasteiger partial charge in [-0.25, -0.2) is 4.98 Å². The number of hydrogen-bond acceptors (Lipinski definition) is 5. The van der Waals surface area contributed by atoms with Crippen LogP contribution in [0.15, 0.2) is 18.3 Å². The molecule has 2 unspecified atom stereocenters. The molecule has 1 aliphatic heterocycles. The van der Waals surface area contributed by atoms with Crippen LogP contribution in [0.4, 0.5) is 5.82 Å². The first-order chi connectivity index (χ1) is 8.74. The Labute approximate surface area is 106 Å². The van der Waals surface area contributed by atoms with Gasteiger partial charge in [0.2, 0.25) is 0 Å². The van der Waals surface area contributed by atoms with Crippen LogP contribution in [-0.4, -0.2) is 46.5 Å². The Hall–Kier alpha value is -1.17. The minimum Gasteiger partial charge on any atom is -0.389 e. The second-order valence-corrected chi connectivity index (χ2v) is 5.18. The normalized spacial score (nSPS) is 27.8. The van der Waals surface area contributed by atoms with Crippen molar-refractivity contribution in [2.75, 3.05) is 18.0 Å². The Morgan fingerprint density at radius 3 is 2.67 bits per heavy atom. The summed E-state index contributed by atoms with van der Waals surface area (Å²) in [5.41, 5.74) is 1.13. The second kappa shape index (κ2) is 4.84. The van der Waals surface area contributed by atoms with Crippen molar-refractivity contribution in [1.82, 2.24) is 10.3 Å². The van der Waals surface area contributed by atoms with Gasteiger partial charge in [-0.05, 0) is 18.9 Å². The first kappa shape index (κ1) is 11.9. The fourth-order valence-corrected chi connectivity index (χ4v) is 2.34. The molecule has 0 bridgehead atoms. The summed E-state index contributed by atoms with van der Waals surface area (Å²) in [5, 5.41) is 22.7. The van der Waals surface area contributed by atoms with Crippen LogP contribution in [0.2, 0.25) is 0 Å². The molecule has 3 rings (SSSR count). The third-order valence-electron chi connectivity index (χ3n) is 3.58. The first-order valence-electron chi connectivity index (χ1n) is 6.52. The van der Waals surface area contributed by atoms with Gasteiger partial charge in [0, 0.05) is 37.4 Å². The summed E-state index contributed by atoms with van der Waals surface area (Å²) in [7, 11) is 0. The molecule has 2 atom stereocenters. The Morgan fingerprint density at radius 2 is 2.00 bits per heavy atom. The van der Waals surface area contributed by atoms with Gasteiger partial charge >= 0.3 is 0 Å². The lowest BCUT2D eigenvalue weighted by Gasteiger charge is -2.20. The van der Waals surface area contributed by atoms with Gasteiger partial charge in [-0.3, -0.25) is 0 Å². The van der Waals surface area contributed by atoms with E-state index in [2.05, 4.69) is 16.4 Å². The van der Waals surface area contributed by atoms with E-state index < -0.39 is 12.2 Å². The quantitative estimate of drug-likeness (QED) is 0.694. The van der Waals surface area contributed by atoms with Gasteiger partial charge in [0.15, 0.2) is 0 Å². The smallest absolute Gasteiger partial charge is 0.133 e. The summed E-state index contributed by atoms with van der Waals surface area (Å²) < 4.78 is 0. The van der Waals surface area contributed by atoms with Gasteiger partial charge in [-0.1, -0.05) is 6.07 Å². The molecule has 1 aromatic rings. The largest absolute Gasteiger partial charge is 0.389 e. The van der Waals surface area contributed by atoms with Crippen molar-refractivity contribution in [2.45, 2.75) is 37.6 Å². The van der Waals surface area contributed by atoms with E-state index in [0.717, 1.165) is 17.9 Å². The highest BCUT2D eigenvalue weighted by Crippen LogP contribution is 2.24. The molecule has 3 N–H and O–H groups in total. The van der Waals surface area contributed by atoms with Crippen molar-refractivity contribution in [2.24, 2.45) is 0 Å². The molecule has 5 heteroatoms. The van der Waals surface area contributed by atoms with Gasteiger partial charge < -0.3 is 20.4 Å². The molecule has 2 aliphatic rings. The predicted octanol–water partition coefficient (Wildman–Crippen LogP) is -0.125. The van der Waals surface area contributed by atoms with Crippen LogP contribution >= 0.6 is 0 Å². The summed E-state index contributed by atoms with van der Waals surface area (Å²) in [6.07, 6.45) is 2.94. The van der Waals surface area contributed by atoms with E-state index in [1.54, 1.807) is 6.20 Å². The molecule has 2 fully saturated rings. The third-order valence-corrected chi connectivity index (χ3v) is 3.58. The summed E-state index contributed by atoms with van der Waals surface area (Å²) in [6.45, 7) is 1.71. The van der Waals surface area contributed by atoms with Gasteiger partial charge in [-0.2, -0.15) is 0 Å². The third kappa shape index (κ3) is 2.48. The molecule has 98 valence electrons. The molecule has 0 aromatic carbocycles. The molecule has 0 amide bonds. The molecule has 18 heavy (non-hydrogen) atoms. The summed E-state index contributed by atoms with van der Waals surface area (Å²) in [6, 6.07) is 4.64. The van der Waals surface area contributed by atoms with Crippen molar-refractivity contribution < 1.29 is 10.2 Å². The molecule has 5 nitrogen and oxygen atoms in total. The molecule has 1 aliphatic carbocycles. The number of aliphatic hydroxyl groups is 2. The number of hydrogen-bond donors (Lipinski definition) is 3. The van der Waals surface area contributed by atoms with Crippen LogP contribution in [0.25, 0.3) is 0 Å². The number of nitrogens with zero attached hydrogens (tertiary/aromatic N) is 2. The Balaban J connectivity index is 1.73. The van der Waals surface area contributed by atoms with E-state index in [1.165, 1.54) is 12.8 Å². The molecule has 1 saturated heterocycles. The molecular weight excluding hydrogens is 230 g/mol. The van der Waals surface area contributed by atoms with Crippen molar-refractivity contribution in [3.05, 3.63) is 23.9 Å². The number of β-amino-alcohol motifs (C(OH)–C–C–N with tert-alkyl or cyclic N) is 2. The van der Waals surface area contributed by atoms with Crippen LogP contribution < -0.4 is 10.2 Å². The van der Waals surface area contributed by atoms with Gasteiger partial charge in [-0.15, -0.1) is 0 Å². The number of nitrogens with one attached hydrogen (secondary N) is 1. The minimum atomic E-state index is -0.670. The Bertz CT molecular complexity index is 412. The van der Waals surface area contributed by atoms with E-state index in [4.69, 9.17) is 0 Å². The highest BCUT2D eigenvalue weighted by molar-refractivity contribution is 5.48. The number of aliphatic hydroxyl groups excluding tert-OH is 2. The van der Waals surface area contributed by atoms with Crippen LogP contribution in [0.1, 0.15) is 18.4 Å². The second-order valence-electron chi connectivity index (χ2n) is 5.18. The first-order valence-corrected chi connectivity index (χ1v) is 6.52. The highest BCUT2D eigenvalue weighted by Gasteiger charge is 2.31. The van der Waals surface area contributed by atoms with Crippen molar-refractivity contribution in [3.8, 4) is 0 Å². The maximum atomic E-state index is 9.61. The standard InChI is InChI=1S/C13H19N3O2/c17-11-7-16(8-12(11)18)13-9(2-1-5-14-13)6-15-10-3-4-10/h1-2,5,10-12,15,17-18H,3-4,6-8H2. The van der Waals surface area contributed by atoms with Crippen LogP contribution in [-0.2, 0) is 6.54 Å². The van der Waals surface area contributed by atoms with Crippen molar-refractivity contribution in [3.63, 3.8) is 0 Å². The van der Waals surface area contributed by atoms with E-state index in [0.29, 0.717) is 19.1 Å². The monoisotopic (exact) mass is 249 g/mol. The maximum absolute atomic E-state index is 9.61. The molecule has 1 saturated carbocycles. The van der Waals surface area contributed by atoms with Crippen molar-refractivity contribution in [1.29, 1.82) is 0 Å². The Morgan fingerprint density at radius 1 is 1.28 bits per heavy atom. The average Bonchev–Trinajstić information content (AvgIpc) is 3.14. The highest BCUT2D eigenvalue weighted by atomic mass is 16.3. The summed E-state index contributed by atoms with van der Waals surface area (Å²) in [5.74, 6) is 0.876. The minimum absolute atomic E-state index is 0.453. The maximum Gasteiger partial charge on any atom is 0.133 e. The molecule has 0 spiro atoms. The lowest BCUT2D eigenvalue weighted by Crippen LogP contribution is -2.25. The SMILES string of the molecule is OC1CN(c2ncccc2CNC2CC2)CC1O. The van der Waals surface area contributed by atoms with Gasteiger partial charge in [0.25, 0.3) is 0 Å². The van der Waals surface area contributed by atoms with Gasteiger partial charge in [0.05, 0.1) is 12.2 Å².